The van der Waals surface area contributed by atoms with Crippen LogP contribution >= 0.6 is 27.5 Å². The zero-order valence-corrected chi connectivity index (χ0v) is 13.2. The van der Waals surface area contributed by atoms with Crippen molar-refractivity contribution in [3.05, 3.63) is 63.3 Å². The van der Waals surface area contributed by atoms with Gasteiger partial charge in [0.05, 0.1) is 0 Å². The van der Waals surface area contributed by atoms with Gasteiger partial charge in [-0.3, -0.25) is 0 Å². The van der Waals surface area contributed by atoms with E-state index < -0.39 is 11.9 Å². The highest BCUT2D eigenvalue weighted by Crippen LogP contribution is 2.28. The summed E-state index contributed by atoms with van der Waals surface area (Å²) in [6.07, 6.45) is -0.442. The monoisotopic (exact) mass is 357 g/mol. The molecule has 0 aliphatic heterocycles. The minimum absolute atomic E-state index is 0.172. The lowest BCUT2D eigenvalue weighted by atomic mass is 10.0. The summed E-state index contributed by atoms with van der Waals surface area (Å²) >= 11 is 9.07. The van der Waals surface area contributed by atoms with Crippen molar-refractivity contribution in [2.24, 2.45) is 5.73 Å². The fourth-order valence-electron chi connectivity index (χ4n) is 1.84. The van der Waals surface area contributed by atoms with Crippen molar-refractivity contribution in [2.75, 3.05) is 0 Å². The van der Waals surface area contributed by atoms with Crippen LogP contribution in [0.25, 0.3) is 0 Å². The van der Waals surface area contributed by atoms with Crippen molar-refractivity contribution < 1.29 is 9.13 Å². The molecule has 0 radical (unpaired) electrons. The minimum Gasteiger partial charge on any atom is -0.481 e. The number of ether oxygens (including phenoxy) is 1. The summed E-state index contributed by atoms with van der Waals surface area (Å²) in [6, 6.07) is 11.5. The van der Waals surface area contributed by atoms with E-state index in [0.717, 1.165) is 5.56 Å². The Labute approximate surface area is 130 Å². The zero-order valence-electron chi connectivity index (χ0n) is 10.8. The molecule has 0 fully saturated rings. The largest absolute Gasteiger partial charge is 0.481 e. The molecule has 0 saturated heterocycles. The lowest BCUT2D eigenvalue weighted by Gasteiger charge is -2.23. The van der Waals surface area contributed by atoms with E-state index in [-0.39, 0.29) is 11.8 Å². The van der Waals surface area contributed by atoms with Gasteiger partial charge in [-0.05, 0) is 42.8 Å². The maximum Gasteiger partial charge on any atom is 0.166 e. The molecule has 2 nitrogen and oxygen atoms in total. The van der Waals surface area contributed by atoms with E-state index in [1.54, 1.807) is 24.3 Å². The predicted molar refractivity (Wildman–Crippen MR) is 82.6 cm³/mol. The second-order valence-corrected chi connectivity index (χ2v) is 5.88. The van der Waals surface area contributed by atoms with E-state index in [2.05, 4.69) is 15.9 Å². The fraction of sp³-hybridized carbons (Fsp3) is 0.200. The van der Waals surface area contributed by atoms with Gasteiger partial charge in [0.1, 0.15) is 6.10 Å². The third kappa shape index (κ3) is 3.72. The number of hydrogen-bond acceptors (Lipinski definition) is 2. The maximum atomic E-state index is 13.8. The Morgan fingerprint density at radius 3 is 2.40 bits per heavy atom. The first-order valence-electron chi connectivity index (χ1n) is 6.10. The summed E-state index contributed by atoms with van der Waals surface area (Å²) in [7, 11) is 0. The normalized spacial score (nSPS) is 13.8. The average molecular weight is 359 g/mol. The quantitative estimate of drug-likeness (QED) is 0.859. The second kappa shape index (κ2) is 6.57. The van der Waals surface area contributed by atoms with E-state index in [9.17, 15) is 4.39 Å². The first kappa shape index (κ1) is 15.3. The van der Waals surface area contributed by atoms with Gasteiger partial charge in [0, 0.05) is 15.5 Å². The molecule has 0 bridgehead atoms. The Kier molecular flexibility index (Phi) is 5.02. The van der Waals surface area contributed by atoms with Crippen LogP contribution in [0.3, 0.4) is 0 Å². The molecule has 2 aromatic carbocycles. The molecule has 2 N–H and O–H groups in total. The Bertz CT molecular complexity index is 589. The van der Waals surface area contributed by atoms with Crippen molar-refractivity contribution in [1.82, 2.24) is 0 Å². The third-order valence-corrected chi connectivity index (χ3v) is 3.57. The van der Waals surface area contributed by atoms with Gasteiger partial charge in [-0.2, -0.15) is 0 Å². The van der Waals surface area contributed by atoms with Crippen LogP contribution in [0.15, 0.2) is 46.9 Å². The first-order valence-corrected chi connectivity index (χ1v) is 7.27. The van der Waals surface area contributed by atoms with Crippen molar-refractivity contribution in [1.29, 1.82) is 0 Å². The number of benzene rings is 2. The lowest BCUT2D eigenvalue weighted by Crippen LogP contribution is -2.29. The molecule has 0 aromatic heterocycles. The Morgan fingerprint density at radius 1 is 1.20 bits per heavy atom. The van der Waals surface area contributed by atoms with Crippen molar-refractivity contribution in [2.45, 2.75) is 19.1 Å². The van der Waals surface area contributed by atoms with Crippen LogP contribution < -0.4 is 10.5 Å². The molecule has 2 atom stereocenters. The molecule has 0 heterocycles. The van der Waals surface area contributed by atoms with Gasteiger partial charge in [0.25, 0.3) is 0 Å². The molecule has 106 valence electrons. The molecular formula is C15H14BrClFNO. The second-order valence-electron chi connectivity index (χ2n) is 4.52. The van der Waals surface area contributed by atoms with Gasteiger partial charge in [0.2, 0.25) is 0 Å². The van der Waals surface area contributed by atoms with Gasteiger partial charge in [-0.25, -0.2) is 4.39 Å². The van der Waals surface area contributed by atoms with Gasteiger partial charge < -0.3 is 10.5 Å². The first-order chi connectivity index (χ1) is 9.47. The summed E-state index contributed by atoms with van der Waals surface area (Å²) in [5.41, 5.74) is 6.80. The lowest BCUT2D eigenvalue weighted by molar-refractivity contribution is 0.172. The number of nitrogens with two attached hydrogens (primary N) is 1. The molecule has 0 aliphatic rings. The van der Waals surface area contributed by atoms with E-state index in [4.69, 9.17) is 22.1 Å². The maximum absolute atomic E-state index is 13.8. The topological polar surface area (TPSA) is 35.2 Å². The molecule has 0 aliphatic carbocycles. The summed E-state index contributed by atoms with van der Waals surface area (Å²) in [4.78, 5) is 0. The minimum atomic E-state index is -0.442. The average Bonchev–Trinajstić information content (AvgIpc) is 2.39. The zero-order chi connectivity index (χ0) is 14.7. The standard InChI is InChI=1S/C15H14BrClFNO/c1-9(19)15(10-2-5-12(17)6-3-10)20-14-7-4-11(16)8-13(14)18/h2-9,15H,19H2,1H3. The summed E-state index contributed by atoms with van der Waals surface area (Å²) in [5.74, 6) is -0.260. The van der Waals surface area contributed by atoms with E-state index >= 15 is 0 Å². The molecular weight excluding hydrogens is 345 g/mol. The molecule has 20 heavy (non-hydrogen) atoms. The van der Waals surface area contributed by atoms with Crippen LogP contribution in [-0.2, 0) is 0 Å². The van der Waals surface area contributed by atoms with E-state index in [1.165, 1.54) is 6.07 Å². The van der Waals surface area contributed by atoms with Crippen LogP contribution in [0.2, 0.25) is 5.02 Å². The molecule has 2 rings (SSSR count). The summed E-state index contributed by atoms with van der Waals surface area (Å²) in [6.45, 7) is 1.82. The van der Waals surface area contributed by atoms with Gasteiger partial charge in [-0.15, -0.1) is 0 Å². The van der Waals surface area contributed by atoms with E-state index in [1.807, 2.05) is 19.1 Å². The Morgan fingerprint density at radius 2 is 1.85 bits per heavy atom. The van der Waals surface area contributed by atoms with Gasteiger partial charge >= 0.3 is 0 Å². The molecule has 0 amide bonds. The number of hydrogen-bond donors (Lipinski definition) is 1. The highest BCUT2D eigenvalue weighted by atomic mass is 79.9. The van der Waals surface area contributed by atoms with Gasteiger partial charge in [0.15, 0.2) is 11.6 Å². The Balaban J connectivity index is 2.28. The van der Waals surface area contributed by atoms with Crippen LogP contribution in [0.5, 0.6) is 5.75 Å². The van der Waals surface area contributed by atoms with Crippen LogP contribution in [0.4, 0.5) is 4.39 Å². The molecule has 2 unspecified atom stereocenters. The summed E-state index contributed by atoms with van der Waals surface area (Å²) in [5, 5.41) is 0.631. The predicted octanol–water partition coefficient (Wildman–Crippen LogP) is 4.71. The molecule has 5 heteroatoms. The number of rotatable bonds is 4. The smallest absolute Gasteiger partial charge is 0.166 e. The molecule has 0 saturated carbocycles. The van der Waals surface area contributed by atoms with Crippen molar-refractivity contribution in [3.63, 3.8) is 0 Å². The Hall–Kier alpha value is -1.10. The highest BCUT2D eigenvalue weighted by molar-refractivity contribution is 9.10. The molecule has 2 aromatic rings. The third-order valence-electron chi connectivity index (χ3n) is 2.82. The SMILES string of the molecule is CC(N)C(Oc1ccc(Br)cc1F)c1ccc(Cl)cc1. The van der Waals surface area contributed by atoms with Crippen molar-refractivity contribution >= 4 is 27.5 Å². The van der Waals surface area contributed by atoms with Crippen LogP contribution in [-0.4, -0.2) is 6.04 Å². The summed E-state index contributed by atoms with van der Waals surface area (Å²) < 4.78 is 20.2. The van der Waals surface area contributed by atoms with Gasteiger partial charge in [-0.1, -0.05) is 39.7 Å². The molecule has 0 spiro atoms. The van der Waals surface area contributed by atoms with E-state index in [0.29, 0.717) is 9.50 Å². The number of halogens is 3. The van der Waals surface area contributed by atoms with Crippen molar-refractivity contribution in [3.8, 4) is 5.75 Å². The fourth-order valence-corrected chi connectivity index (χ4v) is 2.30. The van der Waals surface area contributed by atoms with Crippen LogP contribution in [0, 0.1) is 5.82 Å². The van der Waals surface area contributed by atoms with Crippen LogP contribution in [0.1, 0.15) is 18.6 Å². The highest BCUT2D eigenvalue weighted by Gasteiger charge is 2.20.